The van der Waals surface area contributed by atoms with E-state index in [2.05, 4.69) is 15.3 Å². The van der Waals surface area contributed by atoms with Gasteiger partial charge in [0.15, 0.2) is 5.78 Å². The van der Waals surface area contributed by atoms with Gasteiger partial charge >= 0.3 is 0 Å². The summed E-state index contributed by atoms with van der Waals surface area (Å²) in [5.74, 6) is -1.02. The van der Waals surface area contributed by atoms with Gasteiger partial charge in [-0.25, -0.2) is 8.42 Å². The van der Waals surface area contributed by atoms with Crippen LogP contribution >= 0.6 is 0 Å². The molecule has 0 aliphatic carbocycles. The Balaban J connectivity index is 1.36. The van der Waals surface area contributed by atoms with Crippen LogP contribution in [0.2, 0.25) is 0 Å². The van der Waals surface area contributed by atoms with Crippen molar-refractivity contribution in [2.45, 2.75) is 49.7 Å². The molecule has 1 aromatic carbocycles. The summed E-state index contributed by atoms with van der Waals surface area (Å²) in [5, 5.41) is 3.67. The van der Waals surface area contributed by atoms with E-state index in [-0.39, 0.29) is 35.6 Å². The Labute approximate surface area is 221 Å². The number of pyridine rings is 2. The van der Waals surface area contributed by atoms with Gasteiger partial charge in [0.1, 0.15) is 17.0 Å². The van der Waals surface area contributed by atoms with Crippen molar-refractivity contribution in [2.75, 3.05) is 13.1 Å². The van der Waals surface area contributed by atoms with Gasteiger partial charge in [0, 0.05) is 36.1 Å². The second-order valence-electron chi connectivity index (χ2n) is 10.1. The lowest BCUT2D eigenvalue weighted by molar-refractivity contribution is -0.138. The first-order chi connectivity index (χ1) is 18.2. The van der Waals surface area contributed by atoms with E-state index in [0.29, 0.717) is 18.4 Å². The van der Waals surface area contributed by atoms with Gasteiger partial charge in [-0.15, -0.1) is 0 Å². The van der Waals surface area contributed by atoms with Gasteiger partial charge in [-0.05, 0) is 55.2 Å². The first-order valence-corrected chi connectivity index (χ1v) is 14.0. The quantitative estimate of drug-likeness (QED) is 0.490. The Hall–Kier alpha value is -3.70. The lowest BCUT2D eigenvalue weighted by atomic mass is 10.0. The lowest BCUT2D eigenvalue weighted by Gasteiger charge is -2.29. The van der Waals surface area contributed by atoms with Crippen LogP contribution in [0.3, 0.4) is 0 Å². The number of fused-ring (bicyclic) bond motifs is 2. The number of benzene rings is 1. The molecule has 2 aromatic heterocycles. The number of sulfonamides is 1. The monoisotopic (exact) mass is 535 g/mol. The molecule has 10 nitrogen and oxygen atoms in total. The third-order valence-corrected chi connectivity index (χ3v) is 8.93. The smallest absolute Gasteiger partial charge is 0.251 e. The highest BCUT2D eigenvalue weighted by molar-refractivity contribution is 7.89. The van der Waals surface area contributed by atoms with E-state index in [4.69, 9.17) is 0 Å². The van der Waals surface area contributed by atoms with Crippen molar-refractivity contribution >= 4 is 38.5 Å². The van der Waals surface area contributed by atoms with Crippen LogP contribution < -0.4 is 5.32 Å². The Morgan fingerprint density at radius 1 is 1.13 bits per heavy atom. The molecule has 1 N–H and O–H groups in total. The summed E-state index contributed by atoms with van der Waals surface area (Å²) in [6.45, 7) is 3.82. The number of nitrogens with zero attached hydrogens (tertiary/aromatic N) is 4. The van der Waals surface area contributed by atoms with Gasteiger partial charge in [0.25, 0.3) is 5.91 Å². The van der Waals surface area contributed by atoms with Crippen molar-refractivity contribution in [1.82, 2.24) is 24.5 Å². The molecule has 2 fully saturated rings. The van der Waals surface area contributed by atoms with Crippen LogP contribution in [0.15, 0.2) is 66.0 Å². The molecule has 2 aliphatic heterocycles. The third kappa shape index (κ3) is 4.79. The van der Waals surface area contributed by atoms with Crippen LogP contribution in [0.1, 0.15) is 37.0 Å². The molecule has 5 rings (SSSR count). The number of hydrogen-bond acceptors (Lipinski definition) is 7. The molecule has 4 heterocycles. The predicted molar refractivity (Wildman–Crippen MR) is 139 cm³/mol. The fourth-order valence-corrected chi connectivity index (χ4v) is 6.92. The second-order valence-corrected chi connectivity index (χ2v) is 12.0. The fraction of sp³-hybridized carbons (Fsp3) is 0.370. The summed E-state index contributed by atoms with van der Waals surface area (Å²) >= 11 is 0. The largest absolute Gasteiger partial charge is 0.340 e. The zero-order chi connectivity index (χ0) is 27.0. The molecule has 0 bridgehead atoms. The van der Waals surface area contributed by atoms with Gasteiger partial charge < -0.3 is 10.2 Å². The van der Waals surface area contributed by atoms with Gasteiger partial charge in [0.05, 0.1) is 18.1 Å². The van der Waals surface area contributed by atoms with E-state index < -0.39 is 34.1 Å². The second kappa shape index (κ2) is 10.2. The molecule has 198 valence electrons. The van der Waals surface area contributed by atoms with Crippen molar-refractivity contribution in [1.29, 1.82) is 0 Å². The number of carbonyl (C=O) groups excluding carboxylic acids is 3. The number of ketones is 1. The molecule has 0 radical (unpaired) electrons. The van der Waals surface area contributed by atoms with E-state index in [9.17, 15) is 22.8 Å². The summed E-state index contributed by atoms with van der Waals surface area (Å²) in [6.07, 6.45) is 5.12. The predicted octanol–water partition coefficient (Wildman–Crippen LogP) is 2.02. The highest BCUT2D eigenvalue weighted by atomic mass is 32.2. The minimum Gasteiger partial charge on any atom is -0.340 e. The average molecular weight is 536 g/mol. The van der Waals surface area contributed by atoms with Crippen LogP contribution in [-0.4, -0.2) is 76.4 Å². The van der Waals surface area contributed by atoms with Crippen LogP contribution in [0.4, 0.5) is 0 Å². The number of carbonyl (C=O) groups is 3. The first-order valence-electron chi connectivity index (χ1n) is 12.6. The van der Waals surface area contributed by atoms with Crippen LogP contribution in [-0.2, 0) is 19.6 Å². The average Bonchev–Trinajstić information content (AvgIpc) is 3.49. The molecule has 2 amide bonds. The number of rotatable bonds is 7. The SMILES string of the molecule is CC(C)CC(NC(=O)c1ccc2ncccc2c1)C(=O)N1CCC2C1C(=O)CN2S(=O)(=O)c1cccnc1. The number of nitrogens with one attached hydrogen (secondary N) is 1. The maximum atomic E-state index is 13.7. The Morgan fingerprint density at radius 3 is 2.66 bits per heavy atom. The first kappa shape index (κ1) is 25.9. The molecule has 3 unspecified atom stereocenters. The molecular formula is C27H29N5O5S. The van der Waals surface area contributed by atoms with Crippen LogP contribution in [0.5, 0.6) is 0 Å². The van der Waals surface area contributed by atoms with Crippen molar-refractivity contribution < 1.29 is 22.8 Å². The summed E-state index contributed by atoms with van der Waals surface area (Å²) in [6, 6.07) is 9.36. The maximum Gasteiger partial charge on any atom is 0.251 e. The number of aromatic nitrogens is 2. The van der Waals surface area contributed by atoms with Crippen molar-refractivity contribution in [3.8, 4) is 0 Å². The van der Waals surface area contributed by atoms with Gasteiger partial charge in [-0.2, -0.15) is 4.31 Å². The molecule has 2 aliphatic rings. The number of amides is 2. The van der Waals surface area contributed by atoms with Crippen molar-refractivity contribution in [3.05, 3.63) is 66.6 Å². The number of Topliss-reactive ketones (excluding diaryl/α,β-unsaturated/α-hetero) is 1. The minimum absolute atomic E-state index is 0.00811. The normalized spacial score (nSPS) is 20.6. The fourth-order valence-electron chi connectivity index (χ4n) is 5.33. The Kier molecular flexibility index (Phi) is 6.97. The summed E-state index contributed by atoms with van der Waals surface area (Å²) in [7, 11) is -3.95. The van der Waals surface area contributed by atoms with E-state index in [1.165, 1.54) is 33.7 Å². The molecule has 2 saturated heterocycles. The molecule has 0 saturated carbocycles. The number of likely N-dealkylation sites (tertiary alicyclic amines) is 1. The number of hydrogen-bond donors (Lipinski definition) is 1. The Morgan fingerprint density at radius 2 is 1.92 bits per heavy atom. The summed E-state index contributed by atoms with van der Waals surface area (Å²) in [5.41, 5.74) is 1.16. The third-order valence-electron chi connectivity index (χ3n) is 7.08. The molecule has 38 heavy (non-hydrogen) atoms. The Bertz CT molecular complexity index is 1490. The highest BCUT2D eigenvalue weighted by Crippen LogP contribution is 2.34. The molecular weight excluding hydrogens is 506 g/mol. The lowest BCUT2D eigenvalue weighted by Crippen LogP contribution is -2.53. The topological polar surface area (TPSA) is 130 Å². The van der Waals surface area contributed by atoms with Crippen molar-refractivity contribution in [2.24, 2.45) is 5.92 Å². The van der Waals surface area contributed by atoms with Crippen LogP contribution in [0, 0.1) is 5.92 Å². The zero-order valence-corrected chi connectivity index (χ0v) is 22.0. The van der Waals surface area contributed by atoms with E-state index >= 15 is 0 Å². The molecule has 3 atom stereocenters. The van der Waals surface area contributed by atoms with Crippen LogP contribution in [0.25, 0.3) is 10.9 Å². The van der Waals surface area contributed by atoms with E-state index in [1.807, 2.05) is 19.9 Å². The highest BCUT2D eigenvalue weighted by Gasteiger charge is 2.54. The van der Waals surface area contributed by atoms with Gasteiger partial charge in [0.2, 0.25) is 15.9 Å². The molecule has 3 aromatic rings. The van der Waals surface area contributed by atoms with Gasteiger partial charge in [-0.1, -0.05) is 19.9 Å². The summed E-state index contributed by atoms with van der Waals surface area (Å²) in [4.78, 5) is 49.6. The summed E-state index contributed by atoms with van der Waals surface area (Å²) < 4.78 is 27.7. The van der Waals surface area contributed by atoms with E-state index in [0.717, 1.165) is 10.9 Å². The van der Waals surface area contributed by atoms with Gasteiger partial charge in [-0.3, -0.25) is 24.4 Å². The minimum atomic E-state index is -3.95. The standard InChI is InChI=1S/C27H29N5O5S/c1-17(2)13-22(30-26(34)19-7-8-21-18(14-19)5-3-11-29-21)27(35)31-12-9-23-25(31)24(33)16-32(23)38(36,37)20-6-4-10-28-15-20/h3-8,10-11,14-15,17,22-23,25H,9,12-13,16H2,1-2H3,(H,30,34). The zero-order valence-electron chi connectivity index (χ0n) is 21.1. The molecule has 11 heteroatoms. The maximum absolute atomic E-state index is 13.7. The van der Waals surface area contributed by atoms with Crippen molar-refractivity contribution in [3.63, 3.8) is 0 Å². The molecule has 0 spiro atoms. The van der Waals surface area contributed by atoms with E-state index in [1.54, 1.807) is 30.5 Å².